The van der Waals surface area contributed by atoms with Gasteiger partial charge in [-0.05, 0) is 47.3 Å². The molecular formula is C33H60O8. The number of ether oxygens (including phenoxy) is 4. The molecule has 0 aliphatic heterocycles. The van der Waals surface area contributed by atoms with Crippen molar-refractivity contribution in [3.8, 4) is 0 Å². The topological polar surface area (TPSA) is 105 Å². The largest absolute Gasteiger partial charge is 0.465 e. The van der Waals surface area contributed by atoms with Crippen molar-refractivity contribution in [1.82, 2.24) is 0 Å². The molecule has 0 unspecified atom stereocenters. The van der Waals surface area contributed by atoms with Crippen molar-refractivity contribution >= 4 is 23.9 Å². The molecular weight excluding hydrogens is 524 g/mol. The second-order valence-electron chi connectivity index (χ2n) is 16.4. The molecule has 8 nitrogen and oxygen atoms in total. The molecule has 0 saturated heterocycles. The molecule has 0 amide bonds. The molecule has 0 N–H and O–H groups in total. The Morgan fingerprint density at radius 1 is 0.366 bits per heavy atom. The van der Waals surface area contributed by atoms with E-state index in [1.165, 1.54) is 0 Å². The van der Waals surface area contributed by atoms with E-state index < -0.39 is 29.3 Å². The normalized spacial score (nSPS) is 13.0. The third-order valence-corrected chi connectivity index (χ3v) is 6.47. The number of hydrogen-bond donors (Lipinski definition) is 0. The van der Waals surface area contributed by atoms with E-state index >= 15 is 0 Å². The first-order chi connectivity index (χ1) is 18.4. The van der Waals surface area contributed by atoms with E-state index in [1.807, 2.05) is 83.1 Å². The van der Waals surface area contributed by atoms with Gasteiger partial charge in [-0.25, -0.2) is 0 Å². The molecule has 8 heteroatoms. The highest BCUT2D eigenvalue weighted by molar-refractivity contribution is 5.71. The number of hydrogen-bond acceptors (Lipinski definition) is 8. The fourth-order valence-corrected chi connectivity index (χ4v) is 3.38. The zero-order chi connectivity index (χ0) is 32.1. The molecule has 0 aliphatic rings. The lowest BCUT2D eigenvalue weighted by atomic mass is 9.90. The maximum atomic E-state index is 12.6. The molecule has 0 bridgehead atoms. The fourth-order valence-electron chi connectivity index (χ4n) is 3.38. The standard InChI is InChI=1S/C33H60O8/c1-29(2,3)17-13-25(34)38-21-33(22-39-26(35)14-18-30(4,5)6,23-40-27(36)15-19-31(7,8)9)24-41-28(37)16-20-32(10,11)12/h13-24H2,1-12H3. The van der Waals surface area contributed by atoms with Crippen LogP contribution in [0.5, 0.6) is 0 Å². The third kappa shape index (κ3) is 23.2. The first kappa shape index (κ1) is 38.9. The predicted molar refractivity (Wildman–Crippen MR) is 161 cm³/mol. The average molecular weight is 585 g/mol. The smallest absolute Gasteiger partial charge is 0.305 e. The minimum atomic E-state index is -1.23. The molecule has 0 aromatic heterocycles. The van der Waals surface area contributed by atoms with Crippen LogP contribution >= 0.6 is 0 Å². The Balaban J connectivity index is 5.82. The van der Waals surface area contributed by atoms with Crippen LogP contribution < -0.4 is 0 Å². The molecule has 41 heavy (non-hydrogen) atoms. The summed E-state index contributed by atoms with van der Waals surface area (Å²) in [5.74, 6) is -1.66. The van der Waals surface area contributed by atoms with Crippen LogP contribution in [0.1, 0.15) is 134 Å². The fraction of sp³-hybridized carbons (Fsp3) is 0.879. The number of rotatable bonds is 16. The number of carbonyl (C=O) groups excluding carboxylic acids is 4. The zero-order valence-corrected chi connectivity index (χ0v) is 28.3. The second-order valence-corrected chi connectivity index (χ2v) is 16.4. The summed E-state index contributed by atoms with van der Waals surface area (Å²) in [6.45, 7) is 23.6. The Labute approximate surface area is 250 Å². The minimum absolute atomic E-state index is 0.0517. The van der Waals surface area contributed by atoms with Crippen molar-refractivity contribution in [2.24, 2.45) is 27.1 Å². The van der Waals surface area contributed by atoms with E-state index in [2.05, 4.69) is 0 Å². The molecule has 0 radical (unpaired) electrons. The van der Waals surface area contributed by atoms with Crippen molar-refractivity contribution in [1.29, 1.82) is 0 Å². The van der Waals surface area contributed by atoms with Gasteiger partial charge >= 0.3 is 23.9 Å². The molecule has 240 valence electrons. The summed E-state index contributed by atoms with van der Waals surface area (Å²) < 4.78 is 22.5. The monoisotopic (exact) mass is 584 g/mol. The zero-order valence-electron chi connectivity index (χ0n) is 28.3. The molecule has 0 heterocycles. The first-order valence-corrected chi connectivity index (χ1v) is 15.0. The quantitative estimate of drug-likeness (QED) is 0.136. The van der Waals surface area contributed by atoms with Crippen LogP contribution in [0.3, 0.4) is 0 Å². The van der Waals surface area contributed by atoms with E-state index in [0.29, 0.717) is 25.7 Å². The van der Waals surface area contributed by atoms with Gasteiger partial charge in [-0.2, -0.15) is 0 Å². The van der Waals surface area contributed by atoms with Gasteiger partial charge in [0.25, 0.3) is 0 Å². The second kappa shape index (κ2) is 16.5. The predicted octanol–water partition coefficient (Wildman–Crippen LogP) is 7.45. The Kier molecular flexibility index (Phi) is 15.6. The maximum Gasteiger partial charge on any atom is 0.305 e. The van der Waals surface area contributed by atoms with E-state index in [-0.39, 0.29) is 73.8 Å². The van der Waals surface area contributed by atoms with Crippen LogP contribution in [-0.2, 0) is 38.1 Å². The minimum Gasteiger partial charge on any atom is -0.465 e. The van der Waals surface area contributed by atoms with Gasteiger partial charge in [0.05, 0.1) is 0 Å². The summed E-state index contributed by atoms with van der Waals surface area (Å²) in [6, 6.07) is 0. The first-order valence-electron chi connectivity index (χ1n) is 15.0. The van der Waals surface area contributed by atoms with Crippen LogP contribution in [0, 0.1) is 27.1 Å². The maximum absolute atomic E-state index is 12.6. The van der Waals surface area contributed by atoms with Crippen molar-refractivity contribution in [3.63, 3.8) is 0 Å². The Hall–Kier alpha value is -2.12. The summed E-state index contributed by atoms with van der Waals surface area (Å²) in [4.78, 5) is 50.6. The van der Waals surface area contributed by atoms with Crippen molar-refractivity contribution in [3.05, 3.63) is 0 Å². The highest BCUT2D eigenvalue weighted by Gasteiger charge is 2.38. The van der Waals surface area contributed by atoms with Crippen LogP contribution in [0.4, 0.5) is 0 Å². The summed E-state index contributed by atoms with van der Waals surface area (Å²) in [5, 5.41) is 0. The van der Waals surface area contributed by atoms with Gasteiger partial charge in [0, 0.05) is 25.7 Å². The van der Waals surface area contributed by atoms with E-state index in [0.717, 1.165) is 0 Å². The molecule has 0 aliphatic carbocycles. The van der Waals surface area contributed by atoms with Gasteiger partial charge in [-0.3, -0.25) is 19.2 Å². The molecule has 0 fully saturated rings. The van der Waals surface area contributed by atoms with E-state index in [1.54, 1.807) is 0 Å². The van der Waals surface area contributed by atoms with Gasteiger partial charge in [0.2, 0.25) is 0 Å². The van der Waals surface area contributed by atoms with E-state index in [4.69, 9.17) is 18.9 Å². The summed E-state index contributed by atoms with van der Waals surface area (Å²) in [7, 11) is 0. The van der Waals surface area contributed by atoms with E-state index in [9.17, 15) is 19.2 Å². The van der Waals surface area contributed by atoms with Crippen molar-refractivity contribution < 1.29 is 38.1 Å². The van der Waals surface area contributed by atoms with Crippen molar-refractivity contribution in [2.45, 2.75) is 134 Å². The molecule has 0 rings (SSSR count). The van der Waals surface area contributed by atoms with Gasteiger partial charge in [0.1, 0.15) is 31.8 Å². The third-order valence-electron chi connectivity index (χ3n) is 6.47. The lowest BCUT2D eigenvalue weighted by Gasteiger charge is -2.32. The van der Waals surface area contributed by atoms with Gasteiger partial charge < -0.3 is 18.9 Å². The highest BCUT2D eigenvalue weighted by Crippen LogP contribution is 2.27. The summed E-state index contributed by atoms with van der Waals surface area (Å²) >= 11 is 0. The SMILES string of the molecule is CC(C)(C)CCC(=O)OCC(COC(=O)CCC(C)(C)C)(COC(=O)CCC(C)(C)C)COC(=O)CCC(C)(C)C. The molecule has 0 atom stereocenters. The molecule has 0 aromatic rings. The van der Waals surface area contributed by atoms with Crippen LogP contribution in [0.2, 0.25) is 0 Å². The Bertz CT molecular complexity index is 690. The Morgan fingerprint density at radius 3 is 0.683 bits per heavy atom. The Morgan fingerprint density at radius 2 is 0.537 bits per heavy atom. The average Bonchev–Trinajstić information content (AvgIpc) is 2.81. The van der Waals surface area contributed by atoms with Crippen molar-refractivity contribution in [2.75, 3.05) is 26.4 Å². The summed E-state index contributed by atoms with van der Waals surface area (Å²) in [5.41, 5.74) is -1.44. The summed E-state index contributed by atoms with van der Waals surface area (Å²) in [6.07, 6.45) is 3.36. The molecule has 0 aromatic carbocycles. The molecule has 0 saturated carbocycles. The van der Waals surface area contributed by atoms with Gasteiger partial charge in [0.15, 0.2) is 0 Å². The number of esters is 4. The van der Waals surface area contributed by atoms with Crippen LogP contribution in [-0.4, -0.2) is 50.3 Å². The van der Waals surface area contributed by atoms with Crippen LogP contribution in [0.15, 0.2) is 0 Å². The number of carbonyl (C=O) groups is 4. The lowest BCUT2D eigenvalue weighted by Crippen LogP contribution is -2.44. The van der Waals surface area contributed by atoms with Gasteiger partial charge in [-0.1, -0.05) is 83.1 Å². The lowest BCUT2D eigenvalue weighted by molar-refractivity contribution is -0.171. The highest BCUT2D eigenvalue weighted by atomic mass is 16.6. The van der Waals surface area contributed by atoms with Gasteiger partial charge in [-0.15, -0.1) is 0 Å². The van der Waals surface area contributed by atoms with Crippen LogP contribution in [0.25, 0.3) is 0 Å². The molecule has 0 spiro atoms.